The van der Waals surface area contributed by atoms with Crippen LogP contribution in [-0.2, 0) is 6.54 Å². The van der Waals surface area contributed by atoms with Crippen LogP contribution in [0.1, 0.15) is 5.56 Å². The Bertz CT molecular complexity index is 420. The highest BCUT2D eigenvalue weighted by Gasteiger charge is 2.17. The lowest BCUT2D eigenvalue weighted by Gasteiger charge is -2.10. The Kier molecular flexibility index (Phi) is 3.22. The van der Waals surface area contributed by atoms with Gasteiger partial charge >= 0.3 is 0 Å². The Morgan fingerprint density at radius 2 is 2.12 bits per heavy atom. The normalized spacial score (nSPS) is 12.6. The highest BCUT2D eigenvalue weighted by atomic mass is 35.5. The molecule has 86 valence electrons. The van der Waals surface area contributed by atoms with Gasteiger partial charge in [0.15, 0.2) is 11.5 Å². The van der Waals surface area contributed by atoms with Crippen molar-refractivity contribution in [3.63, 3.8) is 0 Å². The Morgan fingerprint density at radius 1 is 1.44 bits per heavy atom. The van der Waals surface area contributed by atoms with Crippen LogP contribution in [0.5, 0.6) is 17.2 Å². The molecule has 2 rings (SSSR count). The van der Waals surface area contributed by atoms with Crippen molar-refractivity contribution in [1.82, 2.24) is 0 Å². The van der Waals surface area contributed by atoms with E-state index in [2.05, 4.69) is 6.58 Å². The Labute approximate surface area is 98.5 Å². The Balaban J connectivity index is 2.25. The number of halogens is 1. The molecule has 1 aliphatic heterocycles. The van der Waals surface area contributed by atoms with Crippen molar-refractivity contribution in [2.75, 3.05) is 13.4 Å². The first kappa shape index (κ1) is 11.1. The van der Waals surface area contributed by atoms with E-state index in [0.717, 1.165) is 5.56 Å². The zero-order chi connectivity index (χ0) is 11.5. The number of nitrogens with two attached hydrogens (primary N) is 1. The molecule has 4 nitrogen and oxygen atoms in total. The van der Waals surface area contributed by atoms with E-state index < -0.39 is 0 Å². The molecule has 1 heterocycles. The number of rotatable bonds is 4. The molecule has 1 aromatic rings. The maximum atomic E-state index is 5.63. The molecule has 0 unspecified atom stereocenters. The summed E-state index contributed by atoms with van der Waals surface area (Å²) in [5.74, 6) is 2.00. The molecule has 16 heavy (non-hydrogen) atoms. The summed E-state index contributed by atoms with van der Waals surface area (Å²) in [5.41, 5.74) is 6.47. The van der Waals surface area contributed by atoms with Crippen LogP contribution in [0, 0.1) is 0 Å². The molecule has 0 radical (unpaired) electrons. The minimum absolute atomic E-state index is 0.227. The van der Waals surface area contributed by atoms with Crippen molar-refractivity contribution < 1.29 is 14.2 Å². The van der Waals surface area contributed by atoms with Gasteiger partial charge in [0.05, 0.1) is 0 Å². The maximum Gasteiger partial charge on any atom is 0.231 e. The van der Waals surface area contributed by atoms with Gasteiger partial charge in [0.1, 0.15) is 12.4 Å². The first-order valence-corrected chi connectivity index (χ1v) is 5.17. The third kappa shape index (κ3) is 2.23. The van der Waals surface area contributed by atoms with E-state index in [1.807, 2.05) is 6.07 Å². The fourth-order valence-electron chi connectivity index (χ4n) is 1.42. The lowest BCUT2D eigenvalue weighted by molar-refractivity contribution is 0.174. The van der Waals surface area contributed by atoms with Crippen molar-refractivity contribution in [3.8, 4) is 17.2 Å². The van der Waals surface area contributed by atoms with Crippen molar-refractivity contribution in [2.24, 2.45) is 5.73 Å². The van der Waals surface area contributed by atoms with Gasteiger partial charge in [-0.3, -0.25) is 0 Å². The fourth-order valence-corrected chi connectivity index (χ4v) is 1.47. The number of ether oxygens (including phenoxy) is 3. The molecule has 0 fully saturated rings. The summed E-state index contributed by atoms with van der Waals surface area (Å²) in [6, 6.07) is 3.57. The molecule has 0 bridgehead atoms. The number of hydrogen-bond acceptors (Lipinski definition) is 4. The van der Waals surface area contributed by atoms with Crippen LogP contribution in [0.25, 0.3) is 0 Å². The number of benzene rings is 1. The predicted octanol–water partition coefficient (Wildman–Crippen LogP) is 2.01. The lowest BCUT2D eigenvalue weighted by atomic mass is 10.2. The van der Waals surface area contributed by atoms with Crippen LogP contribution in [0.4, 0.5) is 0 Å². The summed E-state index contributed by atoms with van der Waals surface area (Å²) in [5, 5.41) is 0.431. The highest BCUT2D eigenvalue weighted by molar-refractivity contribution is 6.29. The van der Waals surface area contributed by atoms with Gasteiger partial charge in [-0.25, -0.2) is 0 Å². The molecule has 0 aromatic heterocycles. The average Bonchev–Trinajstić information content (AvgIpc) is 2.71. The van der Waals surface area contributed by atoms with E-state index in [0.29, 0.717) is 28.8 Å². The van der Waals surface area contributed by atoms with E-state index in [1.165, 1.54) is 0 Å². The largest absolute Gasteiger partial charge is 0.488 e. The highest BCUT2D eigenvalue weighted by Crippen LogP contribution is 2.38. The van der Waals surface area contributed by atoms with E-state index in [1.54, 1.807) is 6.07 Å². The molecular weight excluding hydrogens is 230 g/mol. The SMILES string of the molecule is C=C(Cl)COc1cc2c(cc1CN)OCO2. The quantitative estimate of drug-likeness (QED) is 0.876. The smallest absolute Gasteiger partial charge is 0.231 e. The Hall–Kier alpha value is -1.39. The zero-order valence-corrected chi connectivity index (χ0v) is 9.42. The minimum atomic E-state index is 0.227. The van der Waals surface area contributed by atoms with Crippen molar-refractivity contribution >= 4 is 11.6 Å². The molecule has 5 heteroatoms. The third-order valence-electron chi connectivity index (χ3n) is 2.16. The van der Waals surface area contributed by atoms with Gasteiger partial charge in [0.2, 0.25) is 6.79 Å². The Morgan fingerprint density at radius 3 is 2.75 bits per heavy atom. The molecule has 0 amide bonds. The monoisotopic (exact) mass is 241 g/mol. The maximum absolute atomic E-state index is 5.63. The summed E-state index contributed by atoms with van der Waals surface area (Å²) in [4.78, 5) is 0. The van der Waals surface area contributed by atoms with Crippen molar-refractivity contribution in [3.05, 3.63) is 29.3 Å². The second-order valence-corrected chi connectivity index (χ2v) is 3.86. The van der Waals surface area contributed by atoms with E-state index >= 15 is 0 Å². The van der Waals surface area contributed by atoms with Crippen LogP contribution in [-0.4, -0.2) is 13.4 Å². The summed E-state index contributed by atoms with van der Waals surface area (Å²) in [6.07, 6.45) is 0. The van der Waals surface area contributed by atoms with Gasteiger partial charge in [-0.2, -0.15) is 0 Å². The first-order chi connectivity index (χ1) is 7.70. The lowest BCUT2D eigenvalue weighted by Crippen LogP contribution is -2.03. The molecular formula is C11H12ClNO3. The molecule has 0 aliphatic carbocycles. The standard InChI is InChI=1S/C11H12ClNO3/c1-7(12)5-14-9-3-11-10(15-6-16-11)2-8(9)4-13/h2-3H,1,4-6,13H2. The molecule has 2 N–H and O–H groups in total. The number of hydrogen-bond donors (Lipinski definition) is 1. The first-order valence-electron chi connectivity index (χ1n) is 4.79. The third-order valence-corrected chi connectivity index (χ3v) is 2.27. The van der Waals surface area contributed by atoms with E-state index in [4.69, 9.17) is 31.5 Å². The van der Waals surface area contributed by atoms with Gasteiger partial charge in [0.25, 0.3) is 0 Å². The molecule has 0 atom stereocenters. The molecule has 0 spiro atoms. The van der Waals surface area contributed by atoms with Gasteiger partial charge in [-0.05, 0) is 6.07 Å². The van der Waals surface area contributed by atoms with Crippen LogP contribution in [0.3, 0.4) is 0 Å². The molecule has 1 aromatic carbocycles. The summed E-state index contributed by atoms with van der Waals surface area (Å²) < 4.78 is 16.0. The molecule has 0 saturated heterocycles. The van der Waals surface area contributed by atoms with Crippen LogP contribution >= 0.6 is 11.6 Å². The average molecular weight is 242 g/mol. The van der Waals surface area contributed by atoms with Gasteiger partial charge in [-0.1, -0.05) is 18.2 Å². The van der Waals surface area contributed by atoms with Crippen LogP contribution < -0.4 is 19.9 Å². The number of fused-ring (bicyclic) bond motifs is 1. The van der Waals surface area contributed by atoms with Gasteiger partial charge < -0.3 is 19.9 Å². The van der Waals surface area contributed by atoms with Crippen LogP contribution in [0.2, 0.25) is 0 Å². The van der Waals surface area contributed by atoms with Gasteiger partial charge in [0, 0.05) is 23.2 Å². The zero-order valence-electron chi connectivity index (χ0n) is 8.66. The topological polar surface area (TPSA) is 53.7 Å². The summed E-state index contributed by atoms with van der Waals surface area (Å²) in [6.45, 7) is 4.38. The second kappa shape index (κ2) is 4.63. The fraction of sp³-hybridized carbons (Fsp3) is 0.273. The molecule has 0 saturated carbocycles. The van der Waals surface area contributed by atoms with Crippen LogP contribution in [0.15, 0.2) is 23.7 Å². The van der Waals surface area contributed by atoms with Gasteiger partial charge in [-0.15, -0.1) is 0 Å². The van der Waals surface area contributed by atoms with E-state index in [9.17, 15) is 0 Å². The van der Waals surface area contributed by atoms with E-state index in [-0.39, 0.29) is 13.4 Å². The van der Waals surface area contributed by atoms with Crippen molar-refractivity contribution in [1.29, 1.82) is 0 Å². The molecule has 1 aliphatic rings. The van der Waals surface area contributed by atoms with Crippen molar-refractivity contribution in [2.45, 2.75) is 6.54 Å². The minimum Gasteiger partial charge on any atom is -0.488 e. The summed E-state index contributed by atoms with van der Waals surface area (Å²) in [7, 11) is 0. The predicted molar refractivity (Wildman–Crippen MR) is 60.9 cm³/mol. The second-order valence-electron chi connectivity index (χ2n) is 3.32. The summed E-state index contributed by atoms with van der Waals surface area (Å²) >= 11 is 5.63.